The summed E-state index contributed by atoms with van der Waals surface area (Å²) in [5.41, 5.74) is 11.3. The van der Waals surface area contributed by atoms with Crippen LogP contribution in [0.1, 0.15) is 33.6 Å². The summed E-state index contributed by atoms with van der Waals surface area (Å²) in [4.78, 5) is 18.0. The number of hydrogen-bond donors (Lipinski definition) is 2. The number of hydrogen-bond acceptors (Lipinski definition) is 2. The molecule has 4 N–H and O–H groups in total. The van der Waals surface area contributed by atoms with Crippen LogP contribution < -0.4 is 11.5 Å². The molecule has 2 saturated carbocycles. The van der Waals surface area contributed by atoms with Crippen LogP contribution in [0.3, 0.4) is 0 Å². The van der Waals surface area contributed by atoms with Crippen LogP contribution >= 0.6 is 0 Å². The highest BCUT2D eigenvalue weighted by Crippen LogP contribution is 2.93. The maximum absolute atomic E-state index is 11.9. The molecule has 4 atom stereocenters. The molecule has 0 aliphatic heterocycles. The molecule has 0 aromatic rings. The van der Waals surface area contributed by atoms with E-state index in [1.165, 1.54) is 0 Å². The number of fused-ring (bicyclic) bond motifs is 1. The zero-order chi connectivity index (χ0) is 15.3. The highest BCUT2D eigenvalue weighted by Gasteiger charge is 2.94. The number of guanidine groups is 1. The molecule has 2 rings (SSSR count). The molecule has 5 heteroatoms. The predicted molar refractivity (Wildman–Crippen MR) is 81.0 cm³/mol. The second-order valence-corrected chi connectivity index (χ2v) is 7.10. The Morgan fingerprint density at radius 3 is 2.30 bits per heavy atom. The van der Waals surface area contributed by atoms with Crippen molar-refractivity contribution in [3.8, 4) is 0 Å². The third kappa shape index (κ3) is 1.82. The van der Waals surface area contributed by atoms with E-state index >= 15 is 0 Å². The van der Waals surface area contributed by atoms with Gasteiger partial charge in [0, 0.05) is 20.6 Å². The van der Waals surface area contributed by atoms with E-state index in [4.69, 9.17) is 11.5 Å². The maximum Gasteiger partial charge on any atom is 0.224 e. The summed E-state index contributed by atoms with van der Waals surface area (Å²) in [7, 11) is 3.74. The number of rotatable bonds is 6. The molecule has 2 aliphatic rings. The Hall–Kier alpha value is -1.26. The fraction of sp³-hybridized carbons (Fsp3) is 0.867. The van der Waals surface area contributed by atoms with Gasteiger partial charge in [-0.3, -0.25) is 9.79 Å². The van der Waals surface area contributed by atoms with Crippen molar-refractivity contribution in [2.75, 3.05) is 20.6 Å². The van der Waals surface area contributed by atoms with Gasteiger partial charge >= 0.3 is 0 Å². The molecule has 2 fully saturated rings. The number of amides is 1. The van der Waals surface area contributed by atoms with Crippen LogP contribution in [0.25, 0.3) is 0 Å². The van der Waals surface area contributed by atoms with Crippen molar-refractivity contribution in [2.24, 2.45) is 45.0 Å². The molecule has 0 spiro atoms. The lowest BCUT2D eigenvalue weighted by atomic mass is 9.74. The van der Waals surface area contributed by atoms with Gasteiger partial charge in [0.2, 0.25) is 5.91 Å². The van der Waals surface area contributed by atoms with Crippen LogP contribution in [0.5, 0.6) is 0 Å². The molecule has 20 heavy (non-hydrogen) atoms. The largest absolute Gasteiger partial charge is 0.370 e. The number of nitrogens with two attached hydrogens (primary N) is 2. The van der Waals surface area contributed by atoms with E-state index < -0.39 is 0 Å². The Kier molecular flexibility index (Phi) is 3.51. The third-order valence-electron chi connectivity index (χ3n) is 5.62. The summed E-state index contributed by atoms with van der Waals surface area (Å²) in [6, 6.07) is 0. The number of carbonyl (C=O) groups is 1. The zero-order valence-corrected chi connectivity index (χ0v) is 13.3. The molecule has 0 saturated heterocycles. The van der Waals surface area contributed by atoms with Crippen molar-refractivity contribution in [3.05, 3.63) is 0 Å². The third-order valence-corrected chi connectivity index (χ3v) is 5.62. The lowest BCUT2D eigenvalue weighted by Gasteiger charge is -2.29. The molecule has 5 nitrogen and oxygen atoms in total. The minimum absolute atomic E-state index is 0.119. The SMILES string of the molecule is CC(C)C1C2C(CCCN=C(N)N(C)C)(C(N)=O)C12C. The van der Waals surface area contributed by atoms with Crippen LogP contribution in [0.15, 0.2) is 4.99 Å². The molecular formula is C15H28N4O. The molecule has 0 bridgehead atoms. The topological polar surface area (TPSA) is 84.7 Å². The zero-order valence-electron chi connectivity index (χ0n) is 13.3. The number of nitrogens with zero attached hydrogens (tertiary/aromatic N) is 2. The lowest BCUT2D eigenvalue weighted by molar-refractivity contribution is -0.127. The predicted octanol–water partition coefficient (Wildman–Crippen LogP) is 1.04. The first-order valence-electron chi connectivity index (χ1n) is 7.48. The lowest BCUT2D eigenvalue weighted by Crippen LogP contribution is -2.38. The normalized spacial score (nSPS) is 38.6. The van der Waals surface area contributed by atoms with Crippen LogP contribution in [0.2, 0.25) is 0 Å². The van der Waals surface area contributed by atoms with E-state index in [1.54, 1.807) is 4.90 Å². The first-order valence-corrected chi connectivity index (χ1v) is 7.48. The summed E-state index contributed by atoms with van der Waals surface area (Å²) in [6.45, 7) is 7.35. The summed E-state index contributed by atoms with van der Waals surface area (Å²) >= 11 is 0. The molecule has 0 radical (unpaired) electrons. The monoisotopic (exact) mass is 280 g/mol. The van der Waals surface area contributed by atoms with Gasteiger partial charge in [0.25, 0.3) is 0 Å². The Balaban J connectivity index is 1.89. The van der Waals surface area contributed by atoms with E-state index in [9.17, 15) is 4.79 Å². The van der Waals surface area contributed by atoms with Crippen molar-refractivity contribution in [2.45, 2.75) is 33.6 Å². The molecule has 1 amide bonds. The van der Waals surface area contributed by atoms with Gasteiger partial charge in [-0.05, 0) is 36.0 Å². The second-order valence-electron chi connectivity index (χ2n) is 7.10. The average molecular weight is 280 g/mol. The Bertz CT molecular complexity index is 445. The van der Waals surface area contributed by atoms with Crippen molar-refractivity contribution >= 4 is 11.9 Å². The molecule has 0 aromatic carbocycles. The van der Waals surface area contributed by atoms with Gasteiger partial charge in [-0.2, -0.15) is 0 Å². The highest BCUT2D eigenvalue weighted by molar-refractivity contribution is 5.89. The summed E-state index contributed by atoms with van der Waals surface area (Å²) in [6.07, 6.45) is 1.71. The van der Waals surface area contributed by atoms with Gasteiger partial charge < -0.3 is 16.4 Å². The van der Waals surface area contributed by atoms with Gasteiger partial charge in [0.1, 0.15) is 0 Å². The fourth-order valence-electron chi connectivity index (χ4n) is 4.55. The van der Waals surface area contributed by atoms with Crippen LogP contribution in [0.4, 0.5) is 0 Å². The molecule has 114 valence electrons. The summed E-state index contributed by atoms with van der Waals surface area (Å²) < 4.78 is 0. The van der Waals surface area contributed by atoms with Gasteiger partial charge in [-0.1, -0.05) is 20.8 Å². The molecule has 2 aliphatic carbocycles. The number of primary amides is 1. The Morgan fingerprint density at radius 1 is 1.35 bits per heavy atom. The fourth-order valence-corrected chi connectivity index (χ4v) is 4.55. The standard InChI is InChI=1S/C15H28N4O/c1-9(2)10-11-14(10,3)15(11,12(16)20)7-6-8-18-13(17)19(4)5/h9-11H,6-8H2,1-5H3,(H2,16,20)(H2,17,18). The van der Waals surface area contributed by atoms with E-state index in [0.717, 1.165) is 12.8 Å². The van der Waals surface area contributed by atoms with E-state index in [1.807, 2.05) is 14.1 Å². The first kappa shape index (κ1) is 15.1. The van der Waals surface area contributed by atoms with E-state index in [0.29, 0.717) is 30.3 Å². The van der Waals surface area contributed by atoms with Gasteiger partial charge in [0.15, 0.2) is 5.96 Å². The summed E-state index contributed by atoms with van der Waals surface area (Å²) in [5, 5.41) is 0. The number of carbonyl (C=O) groups excluding carboxylic acids is 1. The Morgan fingerprint density at radius 2 is 1.90 bits per heavy atom. The minimum atomic E-state index is -0.260. The van der Waals surface area contributed by atoms with Crippen molar-refractivity contribution in [1.82, 2.24) is 4.90 Å². The van der Waals surface area contributed by atoms with Crippen molar-refractivity contribution in [1.29, 1.82) is 0 Å². The van der Waals surface area contributed by atoms with E-state index in [2.05, 4.69) is 25.8 Å². The minimum Gasteiger partial charge on any atom is -0.370 e. The number of aliphatic imine (C=N–C) groups is 1. The second kappa shape index (κ2) is 4.64. The van der Waals surface area contributed by atoms with Gasteiger partial charge in [-0.15, -0.1) is 0 Å². The van der Waals surface area contributed by atoms with Gasteiger partial charge in [0.05, 0.1) is 5.41 Å². The van der Waals surface area contributed by atoms with Gasteiger partial charge in [-0.25, -0.2) is 0 Å². The average Bonchev–Trinajstić information content (AvgIpc) is 3.12. The molecular weight excluding hydrogens is 252 g/mol. The van der Waals surface area contributed by atoms with Crippen molar-refractivity contribution < 1.29 is 4.79 Å². The maximum atomic E-state index is 11.9. The van der Waals surface area contributed by atoms with Crippen LogP contribution in [-0.2, 0) is 4.79 Å². The smallest absolute Gasteiger partial charge is 0.224 e. The molecule has 4 unspecified atom stereocenters. The molecule has 0 heterocycles. The highest BCUT2D eigenvalue weighted by atomic mass is 16.1. The van der Waals surface area contributed by atoms with Crippen LogP contribution in [-0.4, -0.2) is 37.4 Å². The van der Waals surface area contributed by atoms with Crippen LogP contribution in [0, 0.1) is 28.6 Å². The first-order chi connectivity index (χ1) is 9.21. The van der Waals surface area contributed by atoms with E-state index in [-0.39, 0.29) is 16.7 Å². The quantitative estimate of drug-likeness (QED) is 0.433. The summed E-state index contributed by atoms with van der Waals surface area (Å²) in [5.74, 6) is 2.23. The van der Waals surface area contributed by atoms with Crippen molar-refractivity contribution in [3.63, 3.8) is 0 Å². The molecule has 0 aromatic heterocycles. The Labute approximate surface area is 121 Å².